The summed E-state index contributed by atoms with van der Waals surface area (Å²) in [7, 11) is -7.47. The Labute approximate surface area is 204 Å². The zero-order valence-corrected chi connectivity index (χ0v) is 25.6. The number of ether oxygens (including phenoxy) is 1. The molecule has 0 aliphatic rings. The fourth-order valence-corrected chi connectivity index (χ4v) is 18.6. The Bertz CT molecular complexity index is 878. The minimum atomic E-state index is -2.35. The molecule has 0 heterocycles. The highest BCUT2D eigenvalue weighted by atomic mass is 28.5. The van der Waals surface area contributed by atoms with Crippen molar-refractivity contribution < 1.29 is 21.9 Å². The molecule has 0 fully saturated rings. The van der Waals surface area contributed by atoms with Crippen LogP contribution in [0.2, 0.25) is 58.4 Å². The molecule has 0 spiro atoms. The third-order valence-electron chi connectivity index (χ3n) is 4.65. The van der Waals surface area contributed by atoms with Crippen molar-refractivity contribution in [2.24, 2.45) is 0 Å². The average molecular weight is 521 g/mol. The Hall–Kier alpha value is -1.34. The topological polar surface area (TPSA) is 54.0 Å². The average Bonchev–Trinajstić information content (AvgIpc) is 2.69. The van der Waals surface area contributed by atoms with E-state index in [0.29, 0.717) is 17.7 Å². The summed E-state index contributed by atoms with van der Waals surface area (Å²) in [6.45, 7) is 18.1. The van der Waals surface area contributed by atoms with Crippen molar-refractivity contribution in [2.75, 3.05) is 6.61 Å². The van der Waals surface area contributed by atoms with Crippen molar-refractivity contribution in [1.82, 2.24) is 0 Å². The van der Waals surface area contributed by atoms with Crippen LogP contribution in [0.4, 0.5) is 0 Å². The van der Waals surface area contributed by atoms with Crippen LogP contribution in [0.1, 0.15) is 22.3 Å². The lowest BCUT2D eigenvalue weighted by Crippen LogP contribution is -2.51. The van der Waals surface area contributed by atoms with E-state index in [0.717, 1.165) is 18.2 Å². The lowest BCUT2D eigenvalue weighted by Gasteiger charge is -2.37. The van der Waals surface area contributed by atoms with Gasteiger partial charge in [0.05, 0.1) is 6.61 Å². The molecule has 0 aliphatic heterocycles. The molecule has 0 bridgehead atoms. The summed E-state index contributed by atoms with van der Waals surface area (Å²) in [6.07, 6.45) is 0.853. The summed E-state index contributed by atoms with van der Waals surface area (Å²) in [4.78, 5) is 12.6. The van der Waals surface area contributed by atoms with Crippen LogP contribution in [0.5, 0.6) is 5.75 Å². The molecule has 2 rings (SSSR count). The molecule has 0 amide bonds. The van der Waals surface area contributed by atoms with Crippen LogP contribution >= 0.6 is 0 Å². The van der Waals surface area contributed by atoms with E-state index in [1.54, 1.807) is 0 Å². The molecule has 2 aromatic rings. The molecule has 2 unspecified atom stereocenters. The highest BCUT2D eigenvalue weighted by Gasteiger charge is 2.38. The first kappa shape index (κ1) is 27.9. The molecule has 0 saturated carbocycles. The number of carbonyl (C=O) groups is 1. The van der Waals surface area contributed by atoms with Gasteiger partial charge in [0.1, 0.15) is 5.75 Å². The second-order valence-corrected chi connectivity index (χ2v) is 25.5. The summed E-state index contributed by atoms with van der Waals surface area (Å²) < 4.78 is 25.3. The van der Waals surface area contributed by atoms with Crippen LogP contribution in [0.3, 0.4) is 0 Å². The van der Waals surface area contributed by atoms with Crippen LogP contribution in [0.25, 0.3) is 0 Å². The monoisotopic (exact) mass is 520 g/mol. The van der Waals surface area contributed by atoms with Gasteiger partial charge in [0, 0.05) is 11.1 Å². The van der Waals surface area contributed by atoms with Crippen molar-refractivity contribution in [1.29, 1.82) is 0 Å². The Morgan fingerprint density at radius 1 is 0.788 bits per heavy atom. The summed E-state index contributed by atoms with van der Waals surface area (Å²) in [5.74, 6) is 0.781. The van der Waals surface area contributed by atoms with E-state index in [1.807, 2.05) is 54.6 Å². The second kappa shape index (κ2) is 11.9. The molecule has 0 radical (unpaired) electrons. The maximum atomic E-state index is 12.6. The summed E-state index contributed by atoms with van der Waals surface area (Å²) in [6, 6.07) is 17.5. The minimum absolute atomic E-state index is 0.0170. The standard InChI is InChI=1S/C24H40O5Si4/c1-30(27-31(2,3)4)28-33(8,29-32(5,6)7)20-12-19-26-23-17-15-22(16-18-23)24(25)21-13-10-9-11-14-21/h9-11,13-18,30H,12,19-20H2,1-8H3. The molecular weight excluding hydrogens is 481 g/mol. The molecule has 33 heavy (non-hydrogen) atoms. The first-order valence-electron chi connectivity index (χ1n) is 11.6. The van der Waals surface area contributed by atoms with Crippen molar-refractivity contribution >= 4 is 40.3 Å². The molecular formula is C24H40O5Si4. The van der Waals surface area contributed by atoms with Crippen LogP contribution in [-0.2, 0) is 12.3 Å². The highest BCUT2D eigenvalue weighted by molar-refractivity contribution is 6.85. The van der Waals surface area contributed by atoms with Gasteiger partial charge in [-0.25, -0.2) is 0 Å². The normalized spacial score (nSPS) is 15.0. The fourth-order valence-electron chi connectivity index (χ4n) is 3.70. The number of benzene rings is 2. The SMILES string of the molecule is C[SiH](O[Si](C)(C)C)O[Si](C)(CCCOc1ccc(C(=O)c2ccccc2)cc1)O[Si](C)(C)C. The van der Waals surface area contributed by atoms with Crippen molar-refractivity contribution in [3.05, 3.63) is 65.7 Å². The number of hydrogen-bond donors (Lipinski definition) is 0. The Morgan fingerprint density at radius 2 is 1.36 bits per heavy atom. The van der Waals surface area contributed by atoms with Gasteiger partial charge >= 0.3 is 8.56 Å². The van der Waals surface area contributed by atoms with Gasteiger partial charge < -0.3 is 17.1 Å². The van der Waals surface area contributed by atoms with Gasteiger partial charge in [-0.2, -0.15) is 0 Å². The van der Waals surface area contributed by atoms with Crippen LogP contribution in [0.15, 0.2) is 54.6 Å². The first-order chi connectivity index (χ1) is 15.3. The number of ketones is 1. The summed E-state index contributed by atoms with van der Waals surface area (Å²) in [5.41, 5.74) is 1.35. The number of carbonyl (C=O) groups excluding carboxylic acids is 1. The number of hydrogen-bond acceptors (Lipinski definition) is 5. The fraction of sp³-hybridized carbons (Fsp3) is 0.458. The van der Waals surface area contributed by atoms with Crippen molar-refractivity contribution in [3.8, 4) is 5.75 Å². The Morgan fingerprint density at radius 3 is 1.91 bits per heavy atom. The lowest BCUT2D eigenvalue weighted by atomic mass is 10.0. The summed E-state index contributed by atoms with van der Waals surface area (Å²) in [5, 5.41) is 0. The lowest BCUT2D eigenvalue weighted by molar-refractivity contribution is 0.103. The number of rotatable bonds is 13. The van der Waals surface area contributed by atoms with Gasteiger partial charge in [0.15, 0.2) is 22.4 Å². The second-order valence-electron chi connectivity index (χ2n) is 10.4. The van der Waals surface area contributed by atoms with Crippen LogP contribution in [0, 0.1) is 0 Å². The van der Waals surface area contributed by atoms with Gasteiger partial charge in [-0.1, -0.05) is 30.3 Å². The molecule has 5 nitrogen and oxygen atoms in total. The van der Waals surface area contributed by atoms with Gasteiger partial charge in [0.2, 0.25) is 0 Å². The Balaban J connectivity index is 1.90. The van der Waals surface area contributed by atoms with Gasteiger partial charge in [0.25, 0.3) is 9.28 Å². The van der Waals surface area contributed by atoms with E-state index in [9.17, 15) is 4.79 Å². The van der Waals surface area contributed by atoms with Crippen LogP contribution < -0.4 is 4.74 Å². The van der Waals surface area contributed by atoms with E-state index < -0.39 is 34.5 Å². The van der Waals surface area contributed by atoms with Gasteiger partial charge in [-0.05, 0) is 89.1 Å². The van der Waals surface area contributed by atoms with Crippen molar-refractivity contribution in [3.63, 3.8) is 0 Å². The van der Waals surface area contributed by atoms with Gasteiger partial charge in [-0.3, -0.25) is 4.79 Å². The minimum Gasteiger partial charge on any atom is -0.494 e. The summed E-state index contributed by atoms with van der Waals surface area (Å²) >= 11 is 0. The third kappa shape index (κ3) is 10.6. The molecule has 182 valence electrons. The molecule has 0 aromatic heterocycles. The van der Waals surface area contributed by atoms with E-state index in [-0.39, 0.29) is 5.78 Å². The predicted molar refractivity (Wildman–Crippen MR) is 146 cm³/mol. The van der Waals surface area contributed by atoms with E-state index in [4.69, 9.17) is 17.1 Å². The zero-order valence-electron chi connectivity index (χ0n) is 21.4. The maximum absolute atomic E-state index is 12.6. The van der Waals surface area contributed by atoms with E-state index in [2.05, 4.69) is 52.4 Å². The quantitative estimate of drug-likeness (QED) is 0.175. The maximum Gasteiger partial charge on any atom is 0.315 e. The zero-order chi connectivity index (χ0) is 24.7. The van der Waals surface area contributed by atoms with E-state index >= 15 is 0 Å². The van der Waals surface area contributed by atoms with Crippen LogP contribution in [-0.4, -0.2) is 46.9 Å². The molecule has 9 heteroatoms. The smallest absolute Gasteiger partial charge is 0.315 e. The molecule has 2 atom stereocenters. The predicted octanol–water partition coefficient (Wildman–Crippen LogP) is 6.33. The molecule has 0 aliphatic carbocycles. The van der Waals surface area contributed by atoms with E-state index in [1.165, 1.54) is 0 Å². The third-order valence-corrected chi connectivity index (χ3v) is 17.6. The molecule has 0 N–H and O–H groups in total. The molecule has 0 saturated heterocycles. The van der Waals surface area contributed by atoms with Gasteiger partial charge in [-0.15, -0.1) is 0 Å². The van der Waals surface area contributed by atoms with Crippen molar-refractivity contribution in [2.45, 2.75) is 64.8 Å². The Kier molecular flexibility index (Phi) is 10.0. The highest BCUT2D eigenvalue weighted by Crippen LogP contribution is 2.24. The first-order valence-corrected chi connectivity index (χ1v) is 23.1. The largest absolute Gasteiger partial charge is 0.494 e. The molecule has 2 aromatic carbocycles.